The predicted molar refractivity (Wildman–Crippen MR) is 107 cm³/mol. The number of aryl methyl sites for hydroxylation is 2. The van der Waals surface area contributed by atoms with Gasteiger partial charge in [0.25, 0.3) is 0 Å². The van der Waals surface area contributed by atoms with E-state index in [1.54, 1.807) is 0 Å². The van der Waals surface area contributed by atoms with Gasteiger partial charge in [-0.25, -0.2) is 4.98 Å². The molecule has 3 rings (SSSR count). The summed E-state index contributed by atoms with van der Waals surface area (Å²) in [4.78, 5) is 5.08. The van der Waals surface area contributed by atoms with Crippen molar-refractivity contribution in [2.75, 3.05) is 0 Å². The summed E-state index contributed by atoms with van der Waals surface area (Å²) in [5.74, 6) is 1.75. The highest BCUT2D eigenvalue weighted by Gasteiger charge is 2.34. The second kappa shape index (κ2) is 6.33. The number of aromatic nitrogens is 2. The van der Waals surface area contributed by atoms with Gasteiger partial charge in [-0.15, -0.1) is 0 Å². The lowest BCUT2D eigenvalue weighted by molar-refractivity contribution is 0.325. The van der Waals surface area contributed by atoms with E-state index < -0.39 is 0 Å². The molecule has 0 fully saturated rings. The summed E-state index contributed by atoms with van der Waals surface area (Å²) in [7, 11) is 0. The zero-order valence-electron chi connectivity index (χ0n) is 16.5. The summed E-state index contributed by atoms with van der Waals surface area (Å²) >= 11 is 0. The lowest BCUT2D eigenvalue weighted by Gasteiger charge is -2.34. The van der Waals surface area contributed by atoms with Crippen LogP contribution in [0.15, 0.2) is 42.6 Å². The maximum absolute atomic E-state index is 5.08. The van der Waals surface area contributed by atoms with Crippen LogP contribution in [0.5, 0.6) is 0 Å². The van der Waals surface area contributed by atoms with E-state index in [-0.39, 0.29) is 5.41 Å². The van der Waals surface area contributed by atoms with Gasteiger partial charge in [0, 0.05) is 17.7 Å². The maximum Gasteiger partial charge on any atom is 0.140 e. The van der Waals surface area contributed by atoms with E-state index >= 15 is 0 Å². The summed E-state index contributed by atoms with van der Waals surface area (Å²) in [6.07, 6.45) is 2.16. The van der Waals surface area contributed by atoms with Crippen LogP contribution in [0.1, 0.15) is 57.4 Å². The Labute approximate surface area is 151 Å². The number of nitrogens with zero attached hydrogens (tertiary/aromatic N) is 2. The molecule has 2 heteroatoms. The third-order valence-corrected chi connectivity index (χ3v) is 4.92. The highest BCUT2D eigenvalue weighted by atomic mass is 15.0. The van der Waals surface area contributed by atoms with Crippen LogP contribution in [-0.2, 0) is 0 Å². The molecular weight excluding hydrogens is 304 g/mol. The number of rotatable bonds is 3. The van der Waals surface area contributed by atoms with Crippen molar-refractivity contribution in [1.29, 1.82) is 0 Å². The summed E-state index contributed by atoms with van der Waals surface area (Å²) < 4.78 is 2.30. The third kappa shape index (κ3) is 3.22. The molecule has 2 aromatic heterocycles. The average Bonchev–Trinajstić information content (AvgIpc) is 2.87. The first kappa shape index (κ1) is 17.7. The van der Waals surface area contributed by atoms with Gasteiger partial charge >= 0.3 is 0 Å². The van der Waals surface area contributed by atoms with Gasteiger partial charge in [-0.1, -0.05) is 70.5 Å². The lowest BCUT2D eigenvalue weighted by atomic mass is 9.71. The Morgan fingerprint density at radius 2 is 1.64 bits per heavy atom. The summed E-state index contributed by atoms with van der Waals surface area (Å²) in [5.41, 5.74) is 7.27. The number of hydrogen-bond donors (Lipinski definition) is 0. The fourth-order valence-corrected chi connectivity index (χ4v) is 3.97. The SMILES string of the molecule is C[C](C)C(c1c(-c2ccc(C)cc2)nc2c(C)cccn12)C(C)(C)C. The van der Waals surface area contributed by atoms with Crippen molar-refractivity contribution < 1.29 is 0 Å². The molecule has 1 unspecified atom stereocenters. The third-order valence-electron chi connectivity index (χ3n) is 4.92. The lowest BCUT2D eigenvalue weighted by Crippen LogP contribution is -2.24. The van der Waals surface area contributed by atoms with Crippen molar-refractivity contribution in [3.05, 3.63) is 65.3 Å². The van der Waals surface area contributed by atoms with E-state index in [1.807, 2.05) is 0 Å². The summed E-state index contributed by atoms with van der Waals surface area (Å²) in [6.45, 7) is 15.7. The van der Waals surface area contributed by atoms with Gasteiger partial charge in [-0.3, -0.25) is 0 Å². The minimum atomic E-state index is 0.123. The van der Waals surface area contributed by atoms with Gasteiger partial charge < -0.3 is 4.40 Å². The monoisotopic (exact) mass is 333 g/mol. The van der Waals surface area contributed by atoms with Crippen LogP contribution in [0.2, 0.25) is 0 Å². The van der Waals surface area contributed by atoms with Crippen molar-refractivity contribution in [3.8, 4) is 11.3 Å². The second-order valence-corrected chi connectivity index (χ2v) is 8.47. The first-order valence-corrected chi connectivity index (χ1v) is 9.05. The van der Waals surface area contributed by atoms with Gasteiger partial charge in [-0.2, -0.15) is 0 Å². The van der Waals surface area contributed by atoms with Crippen molar-refractivity contribution >= 4 is 5.65 Å². The van der Waals surface area contributed by atoms with Gasteiger partial charge in [0.2, 0.25) is 0 Å². The molecule has 0 N–H and O–H groups in total. The van der Waals surface area contributed by atoms with Gasteiger partial charge in [0.1, 0.15) is 5.65 Å². The number of pyridine rings is 1. The maximum atomic E-state index is 5.08. The van der Waals surface area contributed by atoms with Gasteiger partial charge in [-0.05, 0) is 36.8 Å². The standard InChI is InChI=1S/C23H29N2/c1-15(2)19(23(5,6)7)21-20(18-12-10-16(3)11-13-18)24-22-17(4)9-8-14-25(21)22/h8-14,19H,1-7H3. The minimum Gasteiger partial charge on any atom is -0.303 e. The first-order chi connectivity index (χ1) is 11.7. The quantitative estimate of drug-likeness (QED) is 0.545. The smallest absolute Gasteiger partial charge is 0.140 e. The number of hydrogen-bond acceptors (Lipinski definition) is 1. The van der Waals surface area contributed by atoms with Crippen LogP contribution in [0.3, 0.4) is 0 Å². The van der Waals surface area contributed by atoms with Crippen LogP contribution >= 0.6 is 0 Å². The van der Waals surface area contributed by atoms with E-state index in [0.717, 1.165) is 11.3 Å². The second-order valence-electron chi connectivity index (χ2n) is 8.47. The molecule has 2 heterocycles. The van der Waals surface area contributed by atoms with Gasteiger partial charge in [0.05, 0.1) is 11.4 Å². The topological polar surface area (TPSA) is 17.3 Å². The van der Waals surface area contributed by atoms with E-state index in [0.29, 0.717) is 5.92 Å². The van der Waals surface area contributed by atoms with Crippen LogP contribution in [0, 0.1) is 25.2 Å². The normalized spacial score (nSPS) is 13.6. The highest BCUT2D eigenvalue weighted by Crippen LogP contribution is 2.45. The zero-order valence-corrected chi connectivity index (χ0v) is 16.5. The summed E-state index contributed by atoms with van der Waals surface area (Å²) in [5, 5.41) is 0. The van der Waals surface area contributed by atoms with Crippen LogP contribution in [0.25, 0.3) is 16.9 Å². The largest absolute Gasteiger partial charge is 0.303 e. The Morgan fingerprint density at radius 3 is 2.20 bits per heavy atom. The summed E-state index contributed by atoms with van der Waals surface area (Å²) in [6, 6.07) is 13.0. The highest BCUT2D eigenvalue weighted by molar-refractivity contribution is 5.69. The molecule has 1 aromatic carbocycles. The molecule has 0 aliphatic carbocycles. The fourth-order valence-electron chi connectivity index (χ4n) is 3.97. The van der Waals surface area contributed by atoms with E-state index in [2.05, 4.69) is 95.5 Å². The Hall–Kier alpha value is -2.09. The first-order valence-electron chi connectivity index (χ1n) is 9.05. The molecule has 131 valence electrons. The van der Waals surface area contributed by atoms with Crippen LogP contribution in [-0.4, -0.2) is 9.38 Å². The average molecular weight is 333 g/mol. The van der Waals surface area contributed by atoms with E-state index in [4.69, 9.17) is 4.98 Å². The Bertz CT molecular complexity index is 877. The molecule has 0 bridgehead atoms. The predicted octanol–water partition coefficient (Wildman–Crippen LogP) is 6.36. The molecule has 0 amide bonds. The van der Waals surface area contributed by atoms with Gasteiger partial charge in [0.15, 0.2) is 0 Å². The number of fused-ring (bicyclic) bond motifs is 1. The minimum absolute atomic E-state index is 0.123. The molecule has 0 spiro atoms. The number of benzene rings is 1. The Morgan fingerprint density at radius 1 is 1.00 bits per heavy atom. The molecule has 3 aromatic rings. The van der Waals surface area contributed by atoms with E-state index in [9.17, 15) is 0 Å². The molecule has 25 heavy (non-hydrogen) atoms. The Kier molecular flexibility index (Phi) is 4.49. The molecule has 0 saturated heterocycles. The van der Waals surface area contributed by atoms with E-state index in [1.165, 1.54) is 28.3 Å². The molecule has 1 atom stereocenters. The van der Waals surface area contributed by atoms with Crippen molar-refractivity contribution in [2.45, 2.75) is 54.4 Å². The zero-order chi connectivity index (χ0) is 18.4. The van der Waals surface area contributed by atoms with Crippen molar-refractivity contribution in [3.63, 3.8) is 0 Å². The molecule has 2 nitrogen and oxygen atoms in total. The van der Waals surface area contributed by atoms with Crippen LogP contribution in [0.4, 0.5) is 0 Å². The molecule has 1 radical (unpaired) electrons. The Balaban J connectivity index is 2.36. The van der Waals surface area contributed by atoms with Crippen molar-refractivity contribution in [1.82, 2.24) is 9.38 Å². The van der Waals surface area contributed by atoms with Crippen LogP contribution < -0.4 is 0 Å². The molecular formula is C23H29N2. The molecule has 0 saturated carbocycles. The number of imidazole rings is 1. The molecule has 0 aliphatic rings. The molecule has 0 aliphatic heterocycles. The fraction of sp³-hybridized carbons (Fsp3) is 0.391. The van der Waals surface area contributed by atoms with Crippen molar-refractivity contribution in [2.24, 2.45) is 5.41 Å².